The molecule has 15 heavy (non-hydrogen) atoms. The summed E-state index contributed by atoms with van der Waals surface area (Å²) in [6.07, 6.45) is 5.08. The third kappa shape index (κ3) is 2.53. The molecule has 0 saturated heterocycles. The van der Waals surface area contributed by atoms with Gasteiger partial charge in [-0.15, -0.1) is 0 Å². The predicted molar refractivity (Wildman–Crippen MR) is 65.7 cm³/mol. The van der Waals surface area contributed by atoms with Crippen molar-refractivity contribution in [2.45, 2.75) is 31.6 Å². The molecule has 0 bridgehead atoms. The number of rotatable bonds is 3. The van der Waals surface area contributed by atoms with Crippen LogP contribution < -0.4 is 5.32 Å². The fraction of sp³-hybridized carbons (Fsp3) is 0.538. The highest BCUT2D eigenvalue weighted by atomic mass is 35.5. The smallest absolute Gasteiger partial charge is 0.0408 e. The Hall–Kier alpha value is -0.530. The van der Waals surface area contributed by atoms with Crippen molar-refractivity contribution in [2.75, 3.05) is 13.6 Å². The van der Waals surface area contributed by atoms with E-state index >= 15 is 0 Å². The molecule has 0 fully saturated rings. The molecule has 82 valence electrons. The Kier molecular flexibility index (Phi) is 3.66. The van der Waals surface area contributed by atoms with Crippen molar-refractivity contribution in [1.82, 2.24) is 5.32 Å². The van der Waals surface area contributed by atoms with Gasteiger partial charge in [0.15, 0.2) is 0 Å². The molecular weight excluding hydrogens is 206 g/mol. The molecule has 0 radical (unpaired) electrons. The van der Waals surface area contributed by atoms with Gasteiger partial charge in [-0.3, -0.25) is 0 Å². The van der Waals surface area contributed by atoms with Gasteiger partial charge in [-0.25, -0.2) is 0 Å². The SMILES string of the molecule is CNCCC1CCCc2cc(Cl)ccc21. The Morgan fingerprint density at radius 3 is 3.13 bits per heavy atom. The molecule has 0 spiro atoms. The second kappa shape index (κ2) is 5.00. The van der Waals surface area contributed by atoms with Crippen molar-refractivity contribution in [2.24, 2.45) is 0 Å². The Morgan fingerprint density at radius 1 is 1.47 bits per heavy atom. The summed E-state index contributed by atoms with van der Waals surface area (Å²) in [4.78, 5) is 0. The third-order valence-electron chi connectivity index (χ3n) is 3.29. The zero-order valence-electron chi connectivity index (χ0n) is 9.22. The van der Waals surface area contributed by atoms with Crippen molar-refractivity contribution < 1.29 is 0 Å². The monoisotopic (exact) mass is 223 g/mol. The highest BCUT2D eigenvalue weighted by Crippen LogP contribution is 2.34. The highest BCUT2D eigenvalue weighted by Gasteiger charge is 2.19. The maximum absolute atomic E-state index is 6.02. The van der Waals surface area contributed by atoms with Crippen LogP contribution in [0.5, 0.6) is 0 Å². The standard InChI is InChI=1S/C13H18ClN/c1-15-8-7-10-3-2-4-11-9-12(14)5-6-13(10)11/h5-6,9-10,15H,2-4,7-8H2,1H3. The average Bonchev–Trinajstić information content (AvgIpc) is 2.25. The van der Waals surface area contributed by atoms with E-state index < -0.39 is 0 Å². The second-order valence-electron chi connectivity index (χ2n) is 4.32. The molecule has 1 aliphatic carbocycles. The molecule has 1 N–H and O–H groups in total. The van der Waals surface area contributed by atoms with Crippen LogP contribution in [-0.2, 0) is 6.42 Å². The van der Waals surface area contributed by atoms with Crippen LogP contribution in [0.4, 0.5) is 0 Å². The second-order valence-corrected chi connectivity index (χ2v) is 4.76. The largest absolute Gasteiger partial charge is 0.320 e. The van der Waals surface area contributed by atoms with Crippen LogP contribution in [0.2, 0.25) is 5.02 Å². The van der Waals surface area contributed by atoms with Crippen LogP contribution in [0.15, 0.2) is 18.2 Å². The predicted octanol–water partition coefficient (Wildman–Crippen LogP) is 3.37. The molecule has 1 aliphatic rings. The van der Waals surface area contributed by atoms with E-state index in [9.17, 15) is 0 Å². The van der Waals surface area contributed by atoms with E-state index in [1.54, 1.807) is 0 Å². The summed E-state index contributed by atoms with van der Waals surface area (Å²) in [6.45, 7) is 1.10. The van der Waals surface area contributed by atoms with Crippen molar-refractivity contribution >= 4 is 11.6 Å². The Bertz CT molecular complexity index is 335. The fourth-order valence-electron chi connectivity index (χ4n) is 2.50. The van der Waals surface area contributed by atoms with Crippen molar-refractivity contribution in [3.05, 3.63) is 34.3 Å². The van der Waals surface area contributed by atoms with Gasteiger partial charge in [0.2, 0.25) is 0 Å². The molecule has 2 heteroatoms. The minimum Gasteiger partial charge on any atom is -0.320 e. The number of hydrogen-bond donors (Lipinski definition) is 1. The van der Waals surface area contributed by atoms with E-state index in [4.69, 9.17) is 11.6 Å². The van der Waals surface area contributed by atoms with Crippen LogP contribution >= 0.6 is 11.6 Å². The molecule has 0 amide bonds. The normalized spacial score (nSPS) is 20.0. The lowest BCUT2D eigenvalue weighted by Gasteiger charge is -2.25. The van der Waals surface area contributed by atoms with Gasteiger partial charge in [-0.2, -0.15) is 0 Å². The van der Waals surface area contributed by atoms with Crippen LogP contribution in [0.25, 0.3) is 0 Å². The summed E-state index contributed by atoms with van der Waals surface area (Å²) >= 11 is 6.02. The first kappa shape index (κ1) is 11.0. The number of nitrogens with one attached hydrogen (secondary N) is 1. The molecule has 1 nitrogen and oxygen atoms in total. The lowest BCUT2D eigenvalue weighted by atomic mass is 9.81. The topological polar surface area (TPSA) is 12.0 Å². The van der Waals surface area contributed by atoms with Crippen LogP contribution in [0.1, 0.15) is 36.3 Å². The van der Waals surface area contributed by atoms with Crippen molar-refractivity contribution in [3.63, 3.8) is 0 Å². The zero-order valence-corrected chi connectivity index (χ0v) is 9.98. The zero-order chi connectivity index (χ0) is 10.7. The maximum Gasteiger partial charge on any atom is 0.0408 e. The Morgan fingerprint density at radius 2 is 2.33 bits per heavy atom. The lowest BCUT2D eigenvalue weighted by Crippen LogP contribution is -2.16. The minimum absolute atomic E-state index is 0.735. The molecule has 0 heterocycles. The first-order valence-corrected chi connectivity index (χ1v) is 6.12. The van der Waals surface area contributed by atoms with Crippen LogP contribution in [0, 0.1) is 0 Å². The molecule has 0 aliphatic heterocycles. The number of hydrogen-bond acceptors (Lipinski definition) is 1. The number of fused-ring (bicyclic) bond motifs is 1. The first-order valence-electron chi connectivity index (χ1n) is 5.74. The van der Waals surface area contributed by atoms with Gasteiger partial charge < -0.3 is 5.32 Å². The summed E-state index contributed by atoms with van der Waals surface area (Å²) in [6, 6.07) is 6.39. The summed E-state index contributed by atoms with van der Waals surface area (Å²) in [5, 5.41) is 4.11. The van der Waals surface area contributed by atoms with Gasteiger partial charge in [0.05, 0.1) is 0 Å². The summed E-state index contributed by atoms with van der Waals surface area (Å²) < 4.78 is 0. The highest BCUT2D eigenvalue weighted by molar-refractivity contribution is 6.30. The van der Waals surface area contributed by atoms with Gasteiger partial charge >= 0.3 is 0 Å². The van der Waals surface area contributed by atoms with Crippen molar-refractivity contribution in [1.29, 1.82) is 0 Å². The molecule has 0 saturated carbocycles. The molecule has 1 unspecified atom stereocenters. The number of benzene rings is 1. The quantitative estimate of drug-likeness (QED) is 0.829. The summed E-state index contributed by atoms with van der Waals surface area (Å²) in [7, 11) is 2.02. The van der Waals surface area contributed by atoms with Gasteiger partial charge in [0, 0.05) is 5.02 Å². The van der Waals surface area contributed by atoms with E-state index in [0.29, 0.717) is 0 Å². The molecule has 1 atom stereocenters. The Labute approximate surface area is 96.8 Å². The van der Waals surface area contributed by atoms with E-state index in [0.717, 1.165) is 17.5 Å². The van der Waals surface area contributed by atoms with Crippen molar-refractivity contribution in [3.8, 4) is 0 Å². The lowest BCUT2D eigenvalue weighted by molar-refractivity contribution is 0.510. The van der Waals surface area contributed by atoms with Crippen LogP contribution in [0.3, 0.4) is 0 Å². The molecule has 2 rings (SSSR count). The van der Waals surface area contributed by atoms with Crippen LogP contribution in [-0.4, -0.2) is 13.6 Å². The third-order valence-corrected chi connectivity index (χ3v) is 3.52. The van der Waals surface area contributed by atoms with Gasteiger partial charge in [0.25, 0.3) is 0 Å². The fourth-order valence-corrected chi connectivity index (χ4v) is 2.70. The van der Waals surface area contributed by atoms with Gasteiger partial charge in [-0.05, 0) is 68.5 Å². The van der Waals surface area contributed by atoms with Gasteiger partial charge in [-0.1, -0.05) is 17.7 Å². The first-order chi connectivity index (χ1) is 7.31. The van der Waals surface area contributed by atoms with E-state index in [1.807, 2.05) is 13.1 Å². The Balaban J connectivity index is 2.18. The average molecular weight is 224 g/mol. The molecule has 0 aromatic heterocycles. The summed E-state index contributed by atoms with van der Waals surface area (Å²) in [5.74, 6) is 0.735. The van der Waals surface area contributed by atoms with E-state index in [2.05, 4.69) is 17.4 Å². The molecule has 1 aromatic rings. The molecule has 1 aromatic carbocycles. The minimum atomic E-state index is 0.735. The number of aryl methyl sites for hydroxylation is 1. The van der Waals surface area contributed by atoms with E-state index in [-0.39, 0.29) is 0 Å². The van der Waals surface area contributed by atoms with Gasteiger partial charge in [0.1, 0.15) is 0 Å². The maximum atomic E-state index is 6.02. The summed E-state index contributed by atoms with van der Waals surface area (Å²) in [5.41, 5.74) is 3.00. The molecular formula is C13H18ClN. The van der Waals surface area contributed by atoms with E-state index in [1.165, 1.54) is 36.8 Å². The number of halogens is 1.